The Morgan fingerprint density at radius 3 is 2.46 bits per heavy atom. The van der Waals surface area contributed by atoms with E-state index in [1.54, 1.807) is 24.3 Å². The Morgan fingerprint density at radius 1 is 1.21 bits per heavy atom. The zero-order chi connectivity index (χ0) is 17.9. The summed E-state index contributed by atoms with van der Waals surface area (Å²) in [6, 6.07) is 5.39. The molecule has 0 radical (unpaired) electrons. The van der Waals surface area contributed by atoms with Gasteiger partial charge in [-0.2, -0.15) is 0 Å². The zero-order valence-corrected chi connectivity index (χ0v) is 13.4. The van der Waals surface area contributed by atoms with Crippen LogP contribution in [0.2, 0.25) is 0 Å². The summed E-state index contributed by atoms with van der Waals surface area (Å²) in [5, 5.41) is 31.9. The highest BCUT2D eigenvalue weighted by Gasteiger charge is 2.46. The van der Waals surface area contributed by atoms with E-state index in [2.05, 4.69) is 5.32 Å². The topological polar surface area (TPSA) is 125 Å². The summed E-state index contributed by atoms with van der Waals surface area (Å²) in [6.45, 7) is 2.08. The molecule has 1 aliphatic rings. The quantitative estimate of drug-likeness (QED) is 0.518. The van der Waals surface area contributed by atoms with Crippen LogP contribution < -0.4 is 10.1 Å². The number of ether oxygens (including phenoxy) is 2. The van der Waals surface area contributed by atoms with Crippen molar-refractivity contribution in [1.29, 1.82) is 0 Å². The second-order valence-corrected chi connectivity index (χ2v) is 5.60. The Kier molecular flexibility index (Phi) is 5.89. The van der Waals surface area contributed by atoms with Gasteiger partial charge in [0.2, 0.25) is 12.2 Å². The lowest BCUT2D eigenvalue weighted by molar-refractivity contribution is -0.244. The van der Waals surface area contributed by atoms with Gasteiger partial charge in [0.05, 0.1) is 12.2 Å². The number of aliphatic hydroxyl groups excluding tert-OH is 3. The van der Waals surface area contributed by atoms with Crippen LogP contribution in [0.1, 0.15) is 24.2 Å². The van der Waals surface area contributed by atoms with Gasteiger partial charge in [-0.3, -0.25) is 9.59 Å². The first-order chi connectivity index (χ1) is 11.3. The third kappa shape index (κ3) is 3.90. The number of amides is 1. The van der Waals surface area contributed by atoms with Crippen LogP contribution in [0.3, 0.4) is 0 Å². The summed E-state index contributed by atoms with van der Waals surface area (Å²) in [6.07, 6.45) is -5.08. The second kappa shape index (κ2) is 7.71. The van der Waals surface area contributed by atoms with E-state index < -0.39 is 43.2 Å². The molecule has 0 aliphatic carbocycles. The lowest BCUT2D eigenvalue weighted by atomic mass is 9.97. The fraction of sp³-hybridized carbons (Fsp3) is 0.500. The Morgan fingerprint density at radius 2 is 1.88 bits per heavy atom. The van der Waals surface area contributed by atoms with Gasteiger partial charge in [-0.15, -0.1) is 0 Å². The molecule has 1 saturated heterocycles. The first kappa shape index (κ1) is 18.3. The number of benzene rings is 1. The summed E-state index contributed by atoms with van der Waals surface area (Å²) in [5.74, 6) is -0.465. The van der Waals surface area contributed by atoms with Crippen molar-refractivity contribution in [2.45, 2.75) is 44.5 Å². The Hall–Kier alpha value is -2.00. The van der Waals surface area contributed by atoms with E-state index in [-0.39, 0.29) is 11.5 Å². The summed E-state index contributed by atoms with van der Waals surface area (Å²) >= 11 is 0. The molecule has 8 nitrogen and oxygen atoms in total. The fourth-order valence-corrected chi connectivity index (χ4v) is 2.56. The molecule has 0 spiro atoms. The summed E-state index contributed by atoms with van der Waals surface area (Å²) in [7, 11) is 0. The number of Topliss-reactive ketones (excluding diaryl/α,β-unsaturated/α-hetero) is 1. The number of ketones is 1. The maximum atomic E-state index is 11.7. The maximum Gasteiger partial charge on any atom is 0.223 e. The van der Waals surface area contributed by atoms with E-state index in [9.17, 15) is 24.9 Å². The molecule has 0 aromatic heterocycles. The number of hydrogen-bond donors (Lipinski definition) is 4. The molecule has 1 aliphatic heterocycles. The molecule has 5 atom stereocenters. The molecule has 1 fully saturated rings. The van der Waals surface area contributed by atoms with Gasteiger partial charge in [-0.1, -0.05) is 12.1 Å². The normalized spacial score (nSPS) is 29.8. The molecule has 1 amide bonds. The van der Waals surface area contributed by atoms with E-state index in [1.165, 1.54) is 13.8 Å². The highest BCUT2D eigenvalue weighted by atomic mass is 16.7. The SMILES string of the molecule is CC(=O)NC1C(Oc2ccccc2C(C)=O)OC(CO)C(O)C1O. The fourth-order valence-electron chi connectivity index (χ4n) is 2.56. The predicted molar refractivity (Wildman–Crippen MR) is 82.4 cm³/mol. The van der Waals surface area contributed by atoms with Gasteiger partial charge in [0.25, 0.3) is 0 Å². The standard InChI is InChI=1S/C16H21NO7/c1-8(19)10-5-3-4-6-11(10)23-16-13(17-9(2)20)15(22)14(21)12(7-18)24-16/h3-6,12-16,18,21-22H,7H2,1-2H3,(H,17,20). The summed E-state index contributed by atoms with van der Waals surface area (Å²) < 4.78 is 11.1. The molecule has 132 valence electrons. The summed E-state index contributed by atoms with van der Waals surface area (Å²) in [4.78, 5) is 23.1. The smallest absolute Gasteiger partial charge is 0.223 e. The zero-order valence-electron chi connectivity index (χ0n) is 13.4. The van der Waals surface area contributed by atoms with Crippen LogP contribution in [0.4, 0.5) is 0 Å². The number of rotatable bonds is 5. The average Bonchev–Trinajstić information content (AvgIpc) is 2.54. The van der Waals surface area contributed by atoms with Crippen LogP contribution >= 0.6 is 0 Å². The minimum Gasteiger partial charge on any atom is -0.462 e. The number of carbonyl (C=O) groups is 2. The molecule has 1 heterocycles. The first-order valence-corrected chi connectivity index (χ1v) is 7.51. The Balaban J connectivity index is 2.30. The monoisotopic (exact) mass is 339 g/mol. The first-order valence-electron chi connectivity index (χ1n) is 7.51. The van der Waals surface area contributed by atoms with E-state index in [4.69, 9.17) is 9.47 Å². The molecular formula is C16H21NO7. The maximum absolute atomic E-state index is 11.7. The van der Waals surface area contributed by atoms with Crippen molar-refractivity contribution < 1.29 is 34.4 Å². The van der Waals surface area contributed by atoms with Crippen molar-refractivity contribution in [2.75, 3.05) is 6.61 Å². The van der Waals surface area contributed by atoms with Gasteiger partial charge in [-0.25, -0.2) is 0 Å². The third-order valence-electron chi connectivity index (χ3n) is 3.76. The van der Waals surface area contributed by atoms with Gasteiger partial charge in [0, 0.05) is 6.92 Å². The number of hydrogen-bond acceptors (Lipinski definition) is 7. The molecule has 0 saturated carbocycles. The van der Waals surface area contributed by atoms with Crippen molar-refractivity contribution in [1.82, 2.24) is 5.32 Å². The second-order valence-electron chi connectivity index (χ2n) is 5.60. The molecule has 5 unspecified atom stereocenters. The van der Waals surface area contributed by atoms with Crippen molar-refractivity contribution in [3.8, 4) is 5.75 Å². The molecule has 2 rings (SSSR count). The molecule has 24 heavy (non-hydrogen) atoms. The van der Waals surface area contributed by atoms with Crippen LogP contribution in [0, 0.1) is 0 Å². The molecular weight excluding hydrogens is 318 g/mol. The van der Waals surface area contributed by atoms with E-state index >= 15 is 0 Å². The highest BCUT2D eigenvalue weighted by Crippen LogP contribution is 2.26. The van der Waals surface area contributed by atoms with Gasteiger partial charge in [0.1, 0.15) is 30.1 Å². The van der Waals surface area contributed by atoms with Crippen LogP contribution in [0.5, 0.6) is 5.75 Å². The minimum absolute atomic E-state index is 0.214. The van der Waals surface area contributed by atoms with Crippen molar-refractivity contribution in [2.24, 2.45) is 0 Å². The predicted octanol–water partition coefficient (Wildman–Crippen LogP) is -0.788. The number of aliphatic hydroxyl groups is 3. The van der Waals surface area contributed by atoms with E-state index in [0.29, 0.717) is 5.56 Å². The summed E-state index contributed by atoms with van der Waals surface area (Å²) in [5.41, 5.74) is 0.309. The molecule has 8 heteroatoms. The number of carbonyl (C=O) groups excluding carboxylic acids is 2. The Labute approximate surface area is 139 Å². The van der Waals surface area contributed by atoms with Crippen molar-refractivity contribution in [3.05, 3.63) is 29.8 Å². The van der Waals surface area contributed by atoms with Crippen molar-refractivity contribution >= 4 is 11.7 Å². The molecule has 4 N–H and O–H groups in total. The van der Waals surface area contributed by atoms with Gasteiger partial charge in [-0.05, 0) is 19.1 Å². The van der Waals surface area contributed by atoms with Crippen molar-refractivity contribution in [3.63, 3.8) is 0 Å². The lowest BCUT2D eigenvalue weighted by Gasteiger charge is -2.42. The third-order valence-corrected chi connectivity index (χ3v) is 3.76. The number of para-hydroxylation sites is 1. The average molecular weight is 339 g/mol. The van der Waals surface area contributed by atoms with Crippen LogP contribution in [-0.2, 0) is 9.53 Å². The number of nitrogens with one attached hydrogen (secondary N) is 1. The van der Waals surface area contributed by atoms with Gasteiger partial charge >= 0.3 is 0 Å². The molecule has 1 aromatic rings. The lowest BCUT2D eigenvalue weighted by Crippen LogP contribution is -2.65. The van der Waals surface area contributed by atoms with Crippen LogP contribution in [-0.4, -0.2) is 64.3 Å². The van der Waals surface area contributed by atoms with Gasteiger partial charge < -0.3 is 30.1 Å². The van der Waals surface area contributed by atoms with Crippen LogP contribution in [0.25, 0.3) is 0 Å². The van der Waals surface area contributed by atoms with E-state index in [1.807, 2.05) is 0 Å². The molecule has 1 aromatic carbocycles. The molecule has 0 bridgehead atoms. The van der Waals surface area contributed by atoms with E-state index in [0.717, 1.165) is 0 Å². The van der Waals surface area contributed by atoms with Gasteiger partial charge in [0.15, 0.2) is 5.78 Å². The van der Waals surface area contributed by atoms with Crippen LogP contribution in [0.15, 0.2) is 24.3 Å². The largest absolute Gasteiger partial charge is 0.462 e. The Bertz CT molecular complexity index is 606. The highest BCUT2D eigenvalue weighted by molar-refractivity contribution is 5.96. The minimum atomic E-state index is -1.41.